The molecule has 0 saturated heterocycles. The zero-order valence-electron chi connectivity index (χ0n) is 15.7. The molecule has 0 radical (unpaired) electrons. The maximum absolute atomic E-state index is 12.5. The molecule has 1 aliphatic rings. The number of nitrogens with one attached hydrogen (secondary N) is 1. The normalized spacial score (nSPS) is 18.4. The Kier molecular flexibility index (Phi) is 5.74. The van der Waals surface area contributed by atoms with Crippen LogP contribution in [0.2, 0.25) is 0 Å². The highest BCUT2D eigenvalue weighted by atomic mass is 16.2. The van der Waals surface area contributed by atoms with E-state index in [-0.39, 0.29) is 36.4 Å². The summed E-state index contributed by atoms with van der Waals surface area (Å²) >= 11 is 0. The lowest BCUT2D eigenvalue weighted by Gasteiger charge is -2.36. The van der Waals surface area contributed by atoms with E-state index in [1.807, 2.05) is 18.2 Å². The molecular formula is C21H25N3O3. The number of pyridine rings is 1. The van der Waals surface area contributed by atoms with Crippen LogP contribution in [0.5, 0.6) is 0 Å². The van der Waals surface area contributed by atoms with Crippen molar-refractivity contribution in [3.63, 3.8) is 0 Å². The number of hydrogen-bond donors (Lipinski definition) is 1. The van der Waals surface area contributed by atoms with Crippen molar-refractivity contribution in [1.82, 2.24) is 14.8 Å². The van der Waals surface area contributed by atoms with Crippen LogP contribution in [-0.4, -0.2) is 41.4 Å². The Hall–Kier alpha value is -2.89. The fourth-order valence-corrected chi connectivity index (χ4v) is 3.28. The van der Waals surface area contributed by atoms with Crippen LogP contribution in [0.3, 0.4) is 0 Å². The van der Waals surface area contributed by atoms with Crippen molar-refractivity contribution in [2.45, 2.75) is 37.8 Å². The predicted molar refractivity (Wildman–Crippen MR) is 104 cm³/mol. The lowest BCUT2D eigenvalue weighted by atomic mass is 9.76. The molecule has 0 atom stereocenters. The minimum atomic E-state index is -0.217. The first-order valence-corrected chi connectivity index (χ1v) is 9.20. The number of nitrogens with zero attached hydrogens (tertiary/aromatic N) is 2. The summed E-state index contributed by atoms with van der Waals surface area (Å²) in [6.45, 7) is 0.260. The Morgan fingerprint density at radius 3 is 2.48 bits per heavy atom. The standard InChI is InChI=1S/C21H25N3O3/c1-23(2)19(25)10-11-24-14-16(8-9-20(24)26)21(27)22-18-12-17(13-18)15-6-4-3-5-7-15/h3-9,14,17-18H,10-13H2,1-2H3,(H,22,27). The van der Waals surface area contributed by atoms with E-state index >= 15 is 0 Å². The van der Waals surface area contributed by atoms with Gasteiger partial charge in [-0.2, -0.15) is 0 Å². The molecule has 0 bridgehead atoms. The number of aryl methyl sites for hydroxylation is 1. The van der Waals surface area contributed by atoms with E-state index < -0.39 is 0 Å². The minimum Gasteiger partial charge on any atom is -0.349 e. The molecule has 1 saturated carbocycles. The second-order valence-electron chi connectivity index (χ2n) is 7.24. The van der Waals surface area contributed by atoms with Crippen molar-refractivity contribution < 1.29 is 9.59 Å². The first kappa shape index (κ1) is 18.9. The molecule has 1 N–H and O–H groups in total. The van der Waals surface area contributed by atoms with Gasteiger partial charge in [0.25, 0.3) is 11.5 Å². The topological polar surface area (TPSA) is 71.4 Å². The molecule has 1 aromatic heterocycles. The average molecular weight is 367 g/mol. The van der Waals surface area contributed by atoms with Gasteiger partial charge in [-0.3, -0.25) is 14.4 Å². The zero-order valence-corrected chi connectivity index (χ0v) is 15.7. The van der Waals surface area contributed by atoms with Gasteiger partial charge < -0.3 is 14.8 Å². The van der Waals surface area contributed by atoms with E-state index in [4.69, 9.17) is 0 Å². The van der Waals surface area contributed by atoms with E-state index in [1.165, 1.54) is 33.4 Å². The van der Waals surface area contributed by atoms with Gasteiger partial charge in [-0.15, -0.1) is 0 Å². The van der Waals surface area contributed by atoms with Gasteiger partial charge in [0, 0.05) is 45.4 Å². The summed E-state index contributed by atoms with van der Waals surface area (Å²) in [4.78, 5) is 37.7. The summed E-state index contributed by atoms with van der Waals surface area (Å²) in [5.74, 6) is 0.250. The molecule has 27 heavy (non-hydrogen) atoms. The van der Waals surface area contributed by atoms with Crippen molar-refractivity contribution in [2.24, 2.45) is 0 Å². The van der Waals surface area contributed by atoms with E-state index in [1.54, 1.807) is 14.1 Å². The van der Waals surface area contributed by atoms with Gasteiger partial charge in [0.2, 0.25) is 5.91 Å². The zero-order chi connectivity index (χ0) is 19.4. The van der Waals surface area contributed by atoms with Crippen LogP contribution < -0.4 is 10.9 Å². The second-order valence-corrected chi connectivity index (χ2v) is 7.24. The Labute approximate surface area is 158 Å². The van der Waals surface area contributed by atoms with Gasteiger partial charge in [0.15, 0.2) is 0 Å². The number of rotatable bonds is 6. The Morgan fingerprint density at radius 2 is 1.81 bits per heavy atom. The summed E-state index contributed by atoms with van der Waals surface area (Å²) in [5, 5.41) is 3.03. The van der Waals surface area contributed by atoms with E-state index in [9.17, 15) is 14.4 Å². The molecule has 6 heteroatoms. The second kappa shape index (κ2) is 8.20. The number of aromatic nitrogens is 1. The minimum absolute atomic E-state index is 0.0572. The number of carbonyl (C=O) groups excluding carboxylic acids is 2. The van der Waals surface area contributed by atoms with Crippen molar-refractivity contribution >= 4 is 11.8 Å². The quantitative estimate of drug-likeness (QED) is 0.849. The largest absolute Gasteiger partial charge is 0.349 e. The number of amides is 2. The van der Waals surface area contributed by atoms with Gasteiger partial charge in [0.1, 0.15) is 0 Å². The molecule has 2 aromatic rings. The molecule has 3 rings (SSSR count). The van der Waals surface area contributed by atoms with Gasteiger partial charge in [-0.1, -0.05) is 30.3 Å². The lowest BCUT2D eigenvalue weighted by Crippen LogP contribution is -2.43. The predicted octanol–water partition coefficient (Wildman–Crippen LogP) is 2.00. The van der Waals surface area contributed by atoms with Crippen molar-refractivity contribution in [3.8, 4) is 0 Å². The van der Waals surface area contributed by atoms with Crippen LogP contribution in [0.1, 0.15) is 41.1 Å². The molecule has 142 valence electrons. The van der Waals surface area contributed by atoms with Crippen molar-refractivity contribution in [2.75, 3.05) is 14.1 Å². The third-order valence-corrected chi connectivity index (χ3v) is 5.06. The van der Waals surface area contributed by atoms with Crippen LogP contribution in [0, 0.1) is 0 Å². The van der Waals surface area contributed by atoms with Gasteiger partial charge in [-0.25, -0.2) is 0 Å². The monoisotopic (exact) mass is 367 g/mol. The van der Waals surface area contributed by atoms with Gasteiger partial charge in [-0.05, 0) is 30.4 Å². The number of carbonyl (C=O) groups is 2. The van der Waals surface area contributed by atoms with Crippen LogP contribution in [0.15, 0.2) is 53.5 Å². The first-order chi connectivity index (χ1) is 12.9. The maximum atomic E-state index is 12.5. The Bertz CT molecular complexity index is 868. The molecule has 1 aromatic carbocycles. The van der Waals surface area contributed by atoms with Gasteiger partial charge in [0.05, 0.1) is 5.56 Å². The average Bonchev–Trinajstić information content (AvgIpc) is 2.63. The molecular weight excluding hydrogens is 342 g/mol. The molecule has 2 amide bonds. The summed E-state index contributed by atoms with van der Waals surface area (Å²) in [5.41, 5.74) is 1.53. The molecule has 0 spiro atoms. The third-order valence-electron chi connectivity index (χ3n) is 5.06. The highest BCUT2D eigenvalue weighted by Gasteiger charge is 2.31. The summed E-state index contributed by atoms with van der Waals surface area (Å²) in [6.07, 6.45) is 3.60. The smallest absolute Gasteiger partial charge is 0.252 e. The van der Waals surface area contributed by atoms with E-state index in [0.717, 1.165) is 12.8 Å². The highest BCUT2D eigenvalue weighted by Crippen LogP contribution is 2.36. The summed E-state index contributed by atoms with van der Waals surface area (Å²) in [6, 6.07) is 13.4. The Morgan fingerprint density at radius 1 is 1.11 bits per heavy atom. The van der Waals surface area contributed by atoms with Crippen molar-refractivity contribution in [3.05, 3.63) is 70.1 Å². The Balaban J connectivity index is 1.57. The first-order valence-electron chi connectivity index (χ1n) is 9.20. The molecule has 1 fully saturated rings. The lowest BCUT2D eigenvalue weighted by molar-refractivity contribution is -0.128. The molecule has 1 aliphatic carbocycles. The fourth-order valence-electron chi connectivity index (χ4n) is 3.28. The number of hydrogen-bond acceptors (Lipinski definition) is 3. The highest BCUT2D eigenvalue weighted by molar-refractivity contribution is 5.94. The maximum Gasteiger partial charge on any atom is 0.252 e. The van der Waals surface area contributed by atoms with Crippen LogP contribution in [0.25, 0.3) is 0 Å². The molecule has 1 heterocycles. The van der Waals surface area contributed by atoms with Crippen LogP contribution >= 0.6 is 0 Å². The van der Waals surface area contributed by atoms with E-state index in [2.05, 4.69) is 17.4 Å². The van der Waals surface area contributed by atoms with Crippen LogP contribution in [0.4, 0.5) is 0 Å². The van der Waals surface area contributed by atoms with Gasteiger partial charge >= 0.3 is 0 Å². The fraction of sp³-hybridized carbons (Fsp3) is 0.381. The SMILES string of the molecule is CN(C)C(=O)CCn1cc(C(=O)NC2CC(c3ccccc3)C2)ccc1=O. The van der Waals surface area contributed by atoms with Crippen LogP contribution in [-0.2, 0) is 11.3 Å². The number of benzene rings is 1. The molecule has 0 unspecified atom stereocenters. The van der Waals surface area contributed by atoms with E-state index in [0.29, 0.717) is 11.5 Å². The summed E-state index contributed by atoms with van der Waals surface area (Å²) < 4.78 is 1.42. The molecule has 0 aliphatic heterocycles. The van der Waals surface area contributed by atoms with Crippen molar-refractivity contribution in [1.29, 1.82) is 0 Å². The molecule has 6 nitrogen and oxygen atoms in total. The summed E-state index contributed by atoms with van der Waals surface area (Å²) in [7, 11) is 3.35. The third kappa shape index (κ3) is 4.64.